The summed E-state index contributed by atoms with van der Waals surface area (Å²) in [6, 6.07) is 5.64. The summed E-state index contributed by atoms with van der Waals surface area (Å²) < 4.78 is 0.793. The van der Waals surface area contributed by atoms with Gasteiger partial charge in [-0.2, -0.15) is 0 Å². The van der Waals surface area contributed by atoms with E-state index in [9.17, 15) is 5.11 Å². The number of hydrogen-bond donors (Lipinski definition) is 2. The van der Waals surface area contributed by atoms with E-state index in [2.05, 4.69) is 26.2 Å². The van der Waals surface area contributed by atoms with E-state index in [0.717, 1.165) is 10.4 Å². The molecule has 0 bridgehead atoms. The molecule has 14 heavy (non-hydrogen) atoms. The number of nitrogens with one attached hydrogen (secondary N) is 1. The highest BCUT2D eigenvalue weighted by atomic mass is 79.9. The van der Waals surface area contributed by atoms with Crippen LogP contribution < -0.4 is 5.32 Å². The summed E-state index contributed by atoms with van der Waals surface area (Å²) in [5, 5.41) is 12.6. The Balaban J connectivity index is 2.45. The maximum absolute atomic E-state index is 9.56. The molecule has 0 radical (unpaired) electrons. The van der Waals surface area contributed by atoms with Gasteiger partial charge in [-0.25, -0.2) is 4.98 Å². The zero-order valence-electron chi connectivity index (χ0n) is 8.37. The Morgan fingerprint density at radius 2 is 2.21 bits per heavy atom. The second-order valence-electron chi connectivity index (χ2n) is 3.54. The largest absolute Gasteiger partial charge is 0.391 e. The summed E-state index contributed by atoms with van der Waals surface area (Å²) in [6.07, 6.45) is -0.337. The third-order valence-corrected chi connectivity index (χ3v) is 2.42. The van der Waals surface area contributed by atoms with E-state index >= 15 is 0 Å². The molecule has 1 aromatic rings. The van der Waals surface area contributed by atoms with Gasteiger partial charge < -0.3 is 10.4 Å². The number of pyridine rings is 1. The number of hydrogen-bond acceptors (Lipinski definition) is 3. The lowest BCUT2D eigenvalue weighted by atomic mass is 10.1. The SMILES string of the molecule is CC(C)C(O)CNc1cccc(Br)n1. The van der Waals surface area contributed by atoms with Crippen molar-refractivity contribution < 1.29 is 5.11 Å². The zero-order valence-corrected chi connectivity index (χ0v) is 9.95. The summed E-state index contributed by atoms with van der Waals surface area (Å²) in [6.45, 7) is 4.50. The Kier molecular flexibility index (Phi) is 4.35. The smallest absolute Gasteiger partial charge is 0.127 e. The van der Waals surface area contributed by atoms with Crippen LogP contribution in [0.15, 0.2) is 22.8 Å². The Bertz CT molecular complexity index is 291. The number of anilines is 1. The molecule has 0 aliphatic rings. The van der Waals surface area contributed by atoms with Crippen LogP contribution in [0, 0.1) is 5.92 Å². The van der Waals surface area contributed by atoms with Crippen molar-refractivity contribution in [3.05, 3.63) is 22.8 Å². The molecule has 0 spiro atoms. The average Bonchev–Trinajstić information content (AvgIpc) is 2.14. The van der Waals surface area contributed by atoms with Crippen molar-refractivity contribution in [3.63, 3.8) is 0 Å². The van der Waals surface area contributed by atoms with Gasteiger partial charge in [-0.15, -0.1) is 0 Å². The average molecular weight is 259 g/mol. The first-order valence-corrected chi connectivity index (χ1v) is 5.43. The second-order valence-corrected chi connectivity index (χ2v) is 4.35. The van der Waals surface area contributed by atoms with Crippen LogP contribution in [-0.4, -0.2) is 22.7 Å². The highest BCUT2D eigenvalue weighted by Crippen LogP contribution is 2.10. The van der Waals surface area contributed by atoms with Gasteiger partial charge in [0.05, 0.1) is 6.10 Å². The van der Waals surface area contributed by atoms with Crippen LogP contribution in [0.5, 0.6) is 0 Å². The van der Waals surface area contributed by atoms with Crippen LogP contribution in [0.1, 0.15) is 13.8 Å². The maximum Gasteiger partial charge on any atom is 0.127 e. The molecule has 0 amide bonds. The van der Waals surface area contributed by atoms with Gasteiger partial charge in [0.15, 0.2) is 0 Å². The monoisotopic (exact) mass is 258 g/mol. The Hall–Kier alpha value is -0.610. The van der Waals surface area contributed by atoms with Crippen molar-refractivity contribution in [2.24, 2.45) is 5.92 Å². The molecule has 1 aromatic heterocycles. The standard InChI is InChI=1S/C10H15BrN2O/c1-7(2)8(14)6-12-10-5-3-4-9(11)13-10/h3-5,7-8,14H,6H2,1-2H3,(H,12,13). The number of rotatable bonds is 4. The fourth-order valence-corrected chi connectivity index (χ4v) is 1.30. The molecular formula is C10H15BrN2O. The molecule has 0 saturated carbocycles. The molecule has 78 valence electrons. The van der Waals surface area contributed by atoms with Crippen molar-refractivity contribution in [2.45, 2.75) is 20.0 Å². The first-order valence-electron chi connectivity index (χ1n) is 4.64. The number of aliphatic hydroxyl groups is 1. The van der Waals surface area contributed by atoms with E-state index in [-0.39, 0.29) is 12.0 Å². The minimum Gasteiger partial charge on any atom is -0.391 e. The fourth-order valence-electron chi connectivity index (χ4n) is 0.952. The van der Waals surface area contributed by atoms with Crippen molar-refractivity contribution >= 4 is 21.7 Å². The molecule has 2 N–H and O–H groups in total. The highest BCUT2D eigenvalue weighted by Gasteiger charge is 2.08. The number of aromatic nitrogens is 1. The van der Waals surface area contributed by atoms with E-state index in [1.54, 1.807) is 0 Å². The minimum absolute atomic E-state index is 0.259. The van der Waals surface area contributed by atoms with Gasteiger partial charge in [0, 0.05) is 6.54 Å². The lowest BCUT2D eigenvalue weighted by molar-refractivity contribution is 0.138. The van der Waals surface area contributed by atoms with E-state index in [1.165, 1.54) is 0 Å². The van der Waals surface area contributed by atoms with Crippen LogP contribution in [0.4, 0.5) is 5.82 Å². The first kappa shape index (κ1) is 11.5. The molecule has 1 rings (SSSR count). The summed E-state index contributed by atoms with van der Waals surface area (Å²) >= 11 is 3.28. The van der Waals surface area contributed by atoms with Crippen LogP contribution in [0.3, 0.4) is 0 Å². The summed E-state index contributed by atoms with van der Waals surface area (Å²) in [4.78, 5) is 4.20. The molecule has 0 aliphatic carbocycles. The Labute approximate surface area is 92.7 Å². The predicted molar refractivity (Wildman–Crippen MR) is 61.3 cm³/mol. The van der Waals surface area contributed by atoms with Crippen molar-refractivity contribution in [1.29, 1.82) is 0 Å². The maximum atomic E-state index is 9.56. The van der Waals surface area contributed by atoms with Crippen molar-refractivity contribution in [1.82, 2.24) is 4.98 Å². The lowest BCUT2D eigenvalue weighted by Crippen LogP contribution is -2.25. The fraction of sp³-hybridized carbons (Fsp3) is 0.500. The van der Waals surface area contributed by atoms with Gasteiger partial charge in [-0.3, -0.25) is 0 Å². The van der Waals surface area contributed by atoms with Gasteiger partial charge >= 0.3 is 0 Å². The minimum atomic E-state index is -0.337. The van der Waals surface area contributed by atoms with Gasteiger partial charge in [0.25, 0.3) is 0 Å². The molecule has 0 aromatic carbocycles. The molecule has 1 atom stereocenters. The molecular weight excluding hydrogens is 244 g/mol. The molecule has 1 unspecified atom stereocenters. The molecule has 3 nitrogen and oxygen atoms in total. The molecule has 0 aliphatic heterocycles. The second kappa shape index (κ2) is 5.32. The van der Waals surface area contributed by atoms with Crippen LogP contribution in [0.25, 0.3) is 0 Å². The van der Waals surface area contributed by atoms with E-state index in [1.807, 2.05) is 32.0 Å². The third kappa shape index (κ3) is 3.64. The van der Waals surface area contributed by atoms with E-state index < -0.39 is 0 Å². The van der Waals surface area contributed by atoms with Gasteiger partial charge in [0.1, 0.15) is 10.4 Å². The number of nitrogens with zero attached hydrogens (tertiary/aromatic N) is 1. The normalized spacial score (nSPS) is 12.9. The first-order chi connectivity index (χ1) is 6.59. The lowest BCUT2D eigenvalue weighted by Gasteiger charge is -2.15. The predicted octanol–water partition coefficient (Wildman–Crippen LogP) is 2.27. The van der Waals surface area contributed by atoms with E-state index in [4.69, 9.17) is 0 Å². The van der Waals surface area contributed by atoms with Crippen molar-refractivity contribution in [2.75, 3.05) is 11.9 Å². The summed E-state index contributed by atoms with van der Waals surface area (Å²) in [5.74, 6) is 1.04. The molecule has 0 saturated heterocycles. The highest BCUT2D eigenvalue weighted by molar-refractivity contribution is 9.10. The third-order valence-electron chi connectivity index (χ3n) is 1.98. The molecule has 0 fully saturated rings. The zero-order chi connectivity index (χ0) is 10.6. The number of aliphatic hydroxyl groups excluding tert-OH is 1. The van der Waals surface area contributed by atoms with Gasteiger partial charge in [-0.1, -0.05) is 19.9 Å². The topological polar surface area (TPSA) is 45.1 Å². The number of halogens is 1. The quantitative estimate of drug-likeness (QED) is 0.815. The summed E-state index contributed by atoms with van der Waals surface area (Å²) in [5.41, 5.74) is 0. The van der Waals surface area contributed by atoms with Gasteiger partial charge in [-0.05, 0) is 34.0 Å². The Morgan fingerprint density at radius 3 is 2.79 bits per heavy atom. The van der Waals surface area contributed by atoms with Crippen LogP contribution >= 0.6 is 15.9 Å². The Morgan fingerprint density at radius 1 is 1.50 bits per heavy atom. The van der Waals surface area contributed by atoms with E-state index in [0.29, 0.717) is 6.54 Å². The van der Waals surface area contributed by atoms with Gasteiger partial charge in [0.2, 0.25) is 0 Å². The van der Waals surface area contributed by atoms with Crippen molar-refractivity contribution in [3.8, 4) is 0 Å². The van der Waals surface area contributed by atoms with Crippen LogP contribution in [-0.2, 0) is 0 Å². The molecule has 1 heterocycles. The molecule has 4 heteroatoms. The summed E-state index contributed by atoms with van der Waals surface area (Å²) in [7, 11) is 0. The van der Waals surface area contributed by atoms with Crippen LogP contribution in [0.2, 0.25) is 0 Å².